The molecule has 0 fully saturated rings. The predicted octanol–water partition coefficient (Wildman–Crippen LogP) is 3.67. The van der Waals surface area contributed by atoms with Gasteiger partial charge in [-0.2, -0.15) is 0 Å². The van der Waals surface area contributed by atoms with Gasteiger partial charge in [0.05, 0.1) is 5.02 Å². The lowest BCUT2D eigenvalue weighted by atomic mass is 10.3. The van der Waals surface area contributed by atoms with Crippen LogP contribution in [0, 0.1) is 3.57 Å². The van der Waals surface area contributed by atoms with Crippen LogP contribution in [0.2, 0.25) is 5.02 Å². The summed E-state index contributed by atoms with van der Waals surface area (Å²) in [6, 6.07) is 3.53. The standard InChI is InChI=1S/C8H6BrClINO/c1-4(13)12-5-2-6(9)8(11)7(10)3-5/h2-3H,1H3,(H,12,13). The van der Waals surface area contributed by atoms with Gasteiger partial charge in [0, 0.05) is 20.7 Å². The number of benzene rings is 1. The van der Waals surface area contributed by atoms with Crippen molar-refractivity contribution in [3.8, 4) is 0 Å². The zero-order valence-electron chi connectivity index (χ0n) is 6.70. The Morgan fingerprint density at radius 1 is 1.62 bits per heavy atom. The third kappa shape index (κ3) is 3.11. The van der Waals surface area contributed by atoms with E-state index in [1.165, 1.54) is 6.92 Å². The van der Waals surface area contributed by atoms with Crippen LogP contribution in [0.3, 0.4) is 0 Å². The van der Waals surface area contributed by atoms with Crippen LogP contribution < -0.4 is 5.32 Å². The van der Waals surface area contributed by atoms with Crippen molar-refractivity contribution in [2.24, 2.45) is 0 Å². The average molecular weight is 374 g/mol. The van der Waals surface area contributed by atoms with Gasteiger partial charge in [-0.1, -0.05) is 11.6 Å². The van der Waals surface area contributed by atoms with E-state index in [1.54, 1.807) is 6.07 Å². The first-order valence-corrected chi connectivity index (χ1v) is 5.68. The van der Waals surface area contributed by atoms with Gasteiger partial charge in [0.15, 0.2) is 0 Å². The van der Waals surface area contributed by atoms with Crippen LogP contribution in [0.4, 0.5) is 5.69 Å². The van der Waals surface area contributed by atoms with E-state index in [0.29, 0.717) is 10.7 Å². The molecule has 1 rings (SSSR count). The van der Waals surface area contributed by atoms with Crippen molar-refractivity contribution in [1.82, 2.24) is 0 Å². The smallest absolute Gasteiger partial charge is 0.221 e. The molecule has 0 aliphatic rings. The van der Waals surface area contributed by atoms with Gasteiger partial charge in [0.2, 0.25) is 5.91 Å². The number of halogens is 3. The SMILES string of the molecule is CC(=O)Nc1cc(Cl)c(I)c(Br)c1. The second kappa shape index (κ2) is 4.61. The lowest BCUT2D eigenvalue weighted by Crippen LogP contribution is -2.05. The molecule has 1 aromatic carbocycles. The van der Waals surface area contributed by atoms with Crippen LogP contribution in [0.1, 0.15) is 6.92 Å². The van der Waals surface area contributed by atoms with Gasteiger partial charge in [-0.3, -0.25) is 4.79 Å². The van der Waals surface area contributed by atoms with Crippen LogP contribution in [0.15, 0.2) is 16.6 Å². The molecule has 0 radical (unpaired) electrons. The minimum atomic E-state index is -0.107. The molecule has 5 heteroatoms. The molecule has 0 aliphatic carbocycles. The third-order valence-corrected chi connectivity index (χ3v) is 4.45. The van der Waals surface area contributed by atoms with Crippen molar-refractivity contribution in [1.29, 1.82) is 0 Å². The Kier molecular flexibility index (Phi) is 4.00. The highest BCUT2D eigenvalue weighted by molar-refractivity contribution is 14.1. The summed E-state index contributed by atoms with van der Waals surface area (Å²) in [7, 11) is 0. The van der Waals surface area contributed by atoms with Crippen LogP contribution in [0.5, 0.6) is 0 Å². The Bertz CT molecular complexity index is 333. The van der Waals surface area contributed by atoms with E-state index in [2.05, 4.69) is 43.8 Å². The number of carbonyl (C=O) groups excluding carboxylic acids is 1. The Balaban J connectivity index is 3.06. The van der Waals surface area contributed by atoms with Crippen molar-refractivity contribution in [2.45, 2.75) is 6.92 Å². The van der Waals surface area contributed by atoms with Gasteiger partial charge >= 0.3 is 0 Å². The first-order chi connectivity index (χ1) is 6.00. The van der Waals surface area contributed by atoms with Crippen molar-refractivity contribution < 1.29 is 4.79 Å². The minimum absolute atomic E-state index is 0.107. The summed E-state index contributed by atoms with van der Waals surface area (Å²) in [5.41, 5.74) is 0.699. The van der Waals surface area contributed by atoms with E-state index in [9.17, 15) is 4.79 Å². The van der Waals surface area contributed by atoms with Crippen LogP contribution >= 0.6 is 50.1 Å². The summed E-state index contributed by atoms with van der Waals surface area (Å²) < 4.78 is 1.82. The highest BCUT2D eigenvalue weighted by Crippen LogP contribution is 2.30. The third-order valence-electron chi connectivity index (χ3n) is 1.30. The Hall–Kier alpha value is 0.190. The fourth-order valence-electron chi connectivity index (χ4n) is 0.831. The number of amides is 1. The van der Waals surface area contributed by atoms with E-state index in [0.717, 1.165) is 8.04 Å². The summed E-state index contributed by atoms with van der Waals surface area (Å²) in [4.78, 5) is 10.7. The lowest BCUT2D eigenvalue weighted by Gasteiger charge is -2.05. The van der Waals surface area contributed by atoms with Gasteiger partial charge < -0.3 is 5.32 Å². The molecule has 0 aliphatic heterocycles. The molecule has 13 heavy (non-hydrogen) atoms. The number of anilines is 1. The molecule has 2 nitrogen and oxygen atoms in total. The van der Waals surface area contributed by atoms with Crippen molar-refractivity contribution in [3.63, 3.8) is 0 Å². The molecule has 70 valence electrons. The zero-order chi connectivity index (χ0) is 10.0. The first kappa shape index (κ1) is 11.3. The molecular weight excluding hydrogens is 368 g/mol. The van der Waals surface area contributed by atoms with E-state index >= 15 is 0 Å². The van der Waals surface area contributed by atoms with Crippen molar-refractivity contribution in [2.75, 3.05) is 5.32 Å². The average Bonchev–Trinajstić information content (AvgIpc) is 1.98. The van der Waals surface area contributed by atoms with Crippen molar-refractivity contribution in [3.05, 3.63) is 25.2 Å². The lowest BCUT2D eigenvalue weighted by molar-refractivity contribution is -0.114. The number of rotatable bonds is 1. The largest absolute Gasteiger partial charge is 0.326 e. The molecule has 0 saturated carbocycles. The Morgan fingerprint density at radius 3 is 2.69 bits per heavy atom. The summed E-state index contributed by atoms with van der Waals surface area (Å²) in [5.74, 6) is -0.107. The topological polar surface area (TPSA) is 29.1 Å². The van der Waals surface area contributed by atoms with Gasteiger partial charge in [-0.15, -0.1) is 0 Å². The summed E-state index contributed by atoms with van der Waals surface area (Å²) in [6.07, 6.45) is 0. The summed E-state index contributed by atoms with van der Waals surface area (Å²) >= 11 is 11.4. The molecule has 1 N–H and O–H groups in total. The molecule has 0 bridgehead atoms. The molecule has 0 saturated heterocycles. The second-order valence-corrected chi connectivity index (χ2v) is 4.78. The number of carbonyl (C=O) groups is 1. The minimum Gasteiger partial charge on any atom is -0.326 e. The quantitative estimate of drug-likeness (QED) is 0.590. The summed E-state index contributed by atoms with van der Waals surface area (Å²) in [6.45, 7) is 1.46. The molecule has 1 amide bonds. The van der Waals surface area contributed by atoms with Crippen LogP contribution in [0.25, 0.3) is 0 Å². The maximum atomic E-state index is 10.7. The molecule has 0 spiro atoms. The van der Waals surface area contributed by atoms with Gasteiger partial charge in [-0.25, -0.2) is 0 Å². The highest BCUT2D eigenvalue weighted by atomic mass is 127. The van der Waals surface area contributed by atoms with E-state index < -0.39 is 0 Å². The van der Waals surface area contributed by atoms with Gasteiger partial charge in [0.25, 0.3) is 0 Å². The highest BCUT2D eigenvalue weighted by Gasteiger charge is 2.05. The van der Waals surface area contributed by atoms with E-state index in [-0.39, 0.29) is 5.91 Å². The van der Waals surface area contributed by atoms with E-state index in [1.807, 2.05) is 6.07 Å². The van der Waals surface area contributed by atoms with Gasteiger partial charge in [0.1, 0.15) is 0 Å². The number of hydrogen-bond donors (Lipinski definition) is 1. The van der Waals surface area contributed by atoms with E-state index in [4.69, 9.17) is 11.6 Å². The zero-order valence-corrected chi connectivity index (χ0v) is 11.2. The first-order valence-electron chi connectivity index (χ1n) is 3.43. The predicted molar refractivity (Wildman–Crippen MR) is 66.2 cm³/mol. The number of nitrogens with one attached hydrogen (secondary N) is 1. The number of hydrogen-bond acceptors (Lipinski definition) is 1. The Labute approximate surface area is 103 Å². The molecule has 0 atom stereocenters. The fourth-order valence-corrected chi connectivity index (χ4v) is 1.94. The monoisotopic (exact) mass is 373 g/mol. The molecule has 0 unspecified atom stereocenters. The second-order valence-electron chi connectivity index (χ2n) is 2.44. The normalized spacial score (nSPS) is 9.85. The fraction of sp³-hybridized carbons (Fsp3) is 0.125. The van der Waals surface area contributed by atoms with Crippen LogP contribution in [-0.2, 0) is 4.79 Å². The maximum Gasteiger partial charge on any atom is 0.221 e. The Morgan fingerprint density at radius 2 is 2.23 bits per heavy atom. The molecular formula is C8H6BrClINO. The maximum absolute atomic E-state index is 10.7. The van der Waals surface area contributed by atoms with Crippen molar-refractivity contribution >= 4 is 61.7 Å². The molecule has 0 heterocycles. The van der Waals surface area contributed by atoms with Gasteiger partial charge in [-0.05, 0) is 50.7 Å². The molecule has 0 aromatic heterocycles. The van der Waals surface area contributed by atoms with Crippen LogP contribution in [-0.4, -0.2) is 5.91 Å². The summed E-state index contributed by atoms with van der Waals surface area (Å²) in [5, 5.41) is 3.28. The molecule has 1 aromatic rings.